The lowest BCUT2D eigenvalue weighted by molar-refractivity contribution is -0.147. The minimum atomic E-state index is -0.762. The summed E-state index contributed by atoms with van der Waals surface area (Å²) in [5.74, 6) is -1.29. The van der Waals surface area contributed by atoms with Crippen molar-refractivity contribution in [1.82, 2.24) is 10.6 Å². The molecular formula is C18H23N3O6. The third kappa shape index (κ3) is 6.28. The van der Waals surface area contributed by atoms with Crippen LogP contribution in [0.1, 0.15) is 26.2 Å². The second kappa shape index (κ2) is 10.1. The number of carbonyl (C=O) groups excluding carboxylic acids is 4. The Balaban J connectivity index is 1.83. The summed E-state index contributed by atoms with van der Waals surface area (Å²) in [7, 11) is 0. The fraction of sp³-hybridized carbons (Fsp3) is 0.444. The molecule has 1 aromatic rings. The molecule has 0 radical (unpaired) electrons. The van der Waals surface area contributed by atoms with Crippen LogP contribution < -0.4 is 20.3 Å². The average Bonchev–Trinajstić information content (AvgIpc) is 2.79. The molecule has 2 rings (SSSR count). The van der Waals surface area contributed by atoms with Crippen LogP contribution in [0.3, 0.4) is 0 Å². The molecule has 0 bridgehead atoms. The van der Waals surface area contributed by atoms with Gasteiger partial charge in [-0.25, -0.2) is 4.79 Å². The number of esters is 1. The van der Waals surface area contributed by atoms with Gasteiger partial charge in [0.1, 0.15) is 12.3 Å². The number of unbranched alkanes of at least 4 members (excludes halogenated alkanes) is 1. The van der Waals surface area contributed by atoms with Gasteiger partial charge in [0.2, 0.25) is 5.91 Å². The van der Waals surface area contributed by atoms with Crippen LogP contribution in [0.25, 0.3) is 0 Å². The number of anilines is 1. The molecule has 0 unspecified atom stereocenters. The molecule has 1 aliphatic rings. The quantitative estimate of drug-likeness (QED) is 0.541. The third-order valence-corrected chi connectivity index (χ3v) is 3.75. The Labute approximate surface area is 157 Å². The molecule has 0 saturated heterocycles. The van der Waals surface area contributed by atoms with Crippen LogP contribution >= 0.6 is 0 Å². The largest absolute Gasteiger partial charge is 0.491 e. The van der Waals surface area contributed by atoms with E-state index in [1.807, 2.05) is 6.92 Å². The van der Waals surface area contributed by atoms with Crippen molar-refractivity contribution < 1.29 is 28.7 Å². The van der Waals surface area contributed by atoms with Crippen LogP contribution in [0.15, 0.2) is 24.3 Å². The third-order valence-electron chi connectivity index (χ3n) is 3.75. The van der Waals surface area contributed by atoms with Crippen molar-refractivity contribution in [2.24, 2.45) is 0 Å². The molecular weight excluding hydrogens is 354 g/mol. The summed E-state index contributed by atoms with van der Waals surface area (Å²) < 4.78 is 10.4. The van der Waals surface area contributed by atoms with Crippen molar-refractivity contribution >= 4 is 29.5 Å². The van der Waals surface area contributed by atoms with Crippen LogP contribution in [-0.2, 0) is 19.1 Å². The number of nitrogens with zero attached hydrogens (tertiary/aromatic N) is 1. The highest BCUT2D eigenvalue weighted by molar-refractivity contribution is 6.00. The molecule has 4 amide bonds. The Morgan fingerprint density at radius 1 is 1.26 bits per heavy atom. The summed E-state index contributed by atoms with van der Waals surface area (Å²) in [5, 5.41) is 4.58. The van der Waals surface area contributed by atoms with E-state index >= 15 is 0 Å². The van der Waals surface area contributed by atoms with Gasteiger partial charge in [-0.15, -0.1) is 0 Å². The number of rotatable bonds is 7. The normalized spacial score (nSPS) is 13.1. The fourth-order valence-corrected chi connectivity index (χ4v) is 2.40. The molecule has 2 N–H and O–H groups in total. The molecule has 0 saturated carbocycles. The standard InChI is InChI=1S/C18H23N3O6/c1-2-3-9-19-18(25)20-15(22)12-27-17(24)11-21-13-6-4-5-7-14(13)26-10-8-16(21)23/h4-7H,2-3,8-12H2,1H3,(H2,19,20,22,25). The van der Waals surface area contributed by atoms with Crippen LogP contribution in [0.5, 0.6) is 5.75 Å². The van der Waals surface area contributed by atoms with Crippen LogP contribution in [0.4, 0.5) is 10.5 Å². The number of nitrogens with one attached hydrogen (secondary N) is 2. The van der Waals surface area contributed by atoms with Gasteiger partial charge >= 0.3 is 12.0 Å². The maximum Gasteiger partial charge on any atom is 0.326 e. The number of benzene rings is 1. The van der Waals surface area contributed by atoms with Gasteiger partial charge in [-0.1, -0.05) is 25.5 Å². The van der Waals surface area contributed by atoms with Crippen LogP contribution in [0, 0.1) is 0 Å². The van der Waals surface area contributed by atoms with Crippen molar-refractivity contribution in [2.75, 3.05) is 31.2 Å². The molecule has 1 heterocycles. The van der Waals surface area contributed by atoms with Crippen LogP contribution in [-0.4, -0.2) is 50.1 Å². The molecule has 0 aromatic heterocycles. The number of hydrogen-bond donors (Lipinski definition) is 2. The Kier molecular flexibility index (Phi) is 7.60. The summed E-state index contributed by atoms with van der Waals surface area (Å²) in [5.41, 5.74) is 0.469. The van der Waals surface area contributed by atoms with E-state index < -0.39 is 24.5 Å². The van der Waals surface area contributed by atoms with Gasteiger partial charge in [-0.2, -0.15) is 0 Å². The van der Waals surface area contributed by atoms with Gasteiger partial charge in [-0.3, -0.25) is 24.6 Å². The first-order chi connectivity index (χ1) is 13.0. The molecule has 9 heteroatoms. The summed E-state index contributed by atoms with van der Waals surface area (Å²) in [4.78, 5) is 48.6. The number of hydrogen-bond acceptors (Lipinski definition) is 6. The first kappa shape index (κ1) is 20.2. The van der Waals surface area contributed by atoms with E-state index in [0.29, 0.717) is 18.0 Å². The van der Waals surface area contributed by atoms with Crippen molar-refractivity contribution in [3.63, 3.8) is 0 Å². The number of fused-ring (bicyclic) bond motifs is 1. The van der Waals surface area contributed by atoms with E-state index in [2.05, 4.69) is 10.6 Å². The predicted octanol–water partition coefficient (Wildman–Crippen LogP) is 0.971. The smallest absolute Gasteiger partial charge is 0.326 e. The van der Waals surface area contributed by atoms with Gasteiger partial charge in [0.05, 0.1) is 18.7 Å². The zero-order valence-corrected chi connectivity index (χ0v) is 15.2. The highest BCUT2D eigenvalue weighted by Crippen LogP contribution is 2.30. The molecule has 0 fully saturated rings. The maximum atomic E-state index is 12.2. The Morgan fingerprint density at radius 2 is 2.04 bits per heavy atom. The lowest BCUT2D eigenvalue weighted by atomic mass is 10.2. The second-order valence-electron chi connectivity index (χ2n) is 5.86. The highest BCUT2D eigenvalue weighted by atomic mass is 16.5. The van der Waals surface area contributed by atoms with Gasteiger partial charge in [0, 0.05) is 6.54 Å². The zero-order valence-electron chi connectivity index (χ0n) is 15.2. The Hall–Kier alpha value is -3.10. The lowest BCUT2D eigenvalue weighted by Gasteiger charge is -2.20. The van der Waals surface area contributed by atoms with Crippen molar-refractivity contribution in [2.45, 2.75) is 26.2 Å². The molecule has 9 nitrogen and oxygen atoms in total. The topological polar surface area (TPSA) is 114 Å². The minimum Gasteiger partial charge on any atom is -0.491 e. The molecule has 1 aliphatic heterocycles. The van der Waals surface area contributed by atoms with Gasteiger partial charge in [0.15, 0.2) is 6.61 Å². The second-order valence-corrected chi connectivity index (χ2v) is 5.86. The molecule has 146 valence electrons. The molecule has 0 aliphatic carbocycles. The van der Waals surface area contributed by atoms with Gasteiger partial charge in [0.25, 0.3) is 5.91 Å². The average molecular weight is 377 g/mol. The van der Waals surface area contributed by atoms with E-state index in [-0.39, 0.29) is 25.5 Å². The first-order valence-corrected chi connectivity index (χ1v) is 8.76. The fourth-order valence-electron chi connectivity index (χ4n) is 2.40. The molecule has 0 spiro atoms. The van der Waals surface area contributed by atoms with Crippen molar-refractivity contribution in [3.8, 4) is 5.75 Å². The van der Waals surface area contributed by atoms with E-state index in [4.69, 9.17) is 9.47 Å². The van der Waals surface area contributed by atoms with Crippen molar-refractivity contribution in [1.29, 1.82) is 0 Å². The Bertz CT molecular complexity index is 706. The summed E-state index contributed by atoms with van der Waals surface area (Å²) >= 11 is 0. The number of carbonyl (C=O) groups is 4. The van der Waals surface area contributed by atoms with E-state index in [1.165, 1.54) is 4.90 Å². The molecule has 27 heavy (non-hydrogen) atoms. The van der Waals surface area contributed by atoms with E-state index in [0.717, 1.165) is 12.8 Å². The molecule has 1 aromatic carbocycles. The molecule has 0 atom stereocenters. The zero-order chi connectivity index (χ0) is 19.6. The number of amides is 4. The van der Waals surface area contributed by atoms with Gasteiger partial charge in [-0.05, 0) is 18.6 Å². The highest BCUT2D eigenvalue weighted by Gasteiger charge is 2.25. The van der Waals surface area contributed by atoms with Gasteiger partial charge < -0.3 is 14.8 Å². The SMILES string of the molecule is CCCCNC(=O)NC(=O)COC(=O)CN1C(=O)CCOc2ccccc21. The summed E-state index contributed by atoms with van der Waals surface area (Å²) in [6.07, 6.45) is 1.83. The monoisotopic (exact) mass is 377 g/mol. The lowest BCUT2D eigenvalue weighted by Crippen LogP contribution is -2.42. The maximum absolute atomic E-state index is 12.2. The number of para-hydroxylation sites is 2. The van der Waals surface area contributed by atoms with E-state index in [9.17, 15) is 19.2 Å². The summed E-state index contributed by atoms with van der Waals surface area (Å²) in [6.45, 7) is 1.68. The number of imide groups is 1. The van der Waals surface area contributed by atoms with Crippen molar-refractivity contribution in [3.05, 3.63) is 24.3 Å². The summed E-state index contributed by atoms with van der Waals surface area (Å²) in [6, 6.07) is 6.22. The number of urea groups is 1. The van der Waals surface area contributed by atoms with E-state index in [1.54, 1.807) is 24.3 Å². The van der Waals surface area contributed by atoms with Crippen LogP contribution in [0.2, 0.25) is 0 Å². The Morgan fingerprint density at radius 3 is 2.81 bits per heavy atom. The number of ether oxygens (including phenoxy) is 2. The minimum absolute atomic E-state index is 0.125. The predicted molar refractivity (Wildman–Crippen MR) is 96.3 cm³/mol. The first-order valence-electron chi connectivity index (χ1n) is 8.76.